The van der Waals surface area contributed by atoms with E-state index in [0.717, 1.165) is 12.5 Å². The van der Waals surface area contributed by atoms with E-state index in [1.165, 1.54) is 0 Å². The van der Waals surface area contributed by atoms with Crippen molar-refractivity contribution < 1.29 is 19.1 Å². The third-order valence-electron chi connectivity index (χ3n) is 2.43. The summed E-state index contributed by atoms with van der Waals surface area (Å²) < 4.78 is 10.1. The number of carbonyl (C=O) groups is 2. The van der Waals surface area contributed by atoms with Crippen LogP contribution in [0.25, 0.3) is 0 Å². The Labute approximate surface area is 102 Å². The molecule has 0 aliphatic carbocycles. The molecule has 0 aromatic heterocycles. The average Bonchev–Trinajstić information content (AvgIpc) is 2.32. The normalized spacial score (nSPS) is 10.8. The highest BCUT2D eigenvalue weighted by atomic mass is 16.6. The van der Waals surface area contributed by atoms with Gasteiger partial charge in [0.05, 0.1) is 12.0 Å². The van der Waals surface area contributed by atoms with Crippen molar-refractivity contribution in [2.24, 2.45) is 5.41 Å². The summed E-state index contributed by atoms with van der Waals surface area (Å²) in [5, 5.41) is 2.44. The van der Waals surface area contributed by atoms with Crippen LogP contribution in [-0.4, -0.2) is 31.8 Å². The summed E-state index contributed by atoms with van der Waals surface area (Å²) in [5.74, 6) is -0.534. The van der Waals surface area contributed by atoms with E-state index in [1.54, 1.807) is 0 Å². The number of rotatable bonds is 8. The van der Waals surface area contributed by atoms with Gasteiger partial charge in [-0.2, -0.15) is 0 Å². The van der Waals surface area contributed by atoms with E-state index in [-0.39, 0.29) is 31.8 Å². The molecule has 0 aliphatic rings. The first-order chi connectivity index (χ1) is 7.94. The number of carbonyl (C=O) groups excluding carboxylic acids is 2. The van der Waals surface area contributed by atoms with Crippen LogP contribution in [0.2, 0.25) is 0 Å². The maximum Gasteiger partial charge on any atom is 0.311 e. The van der Waals surface area contributed by atoms with Gasteiger partial charge in [0, 0.05) is 0 Å². The largest absolute Gasteiger partial charge is 0.463 e. The summed E-state index contributed by atoms with van der Waals surface area (Å²) in [6.45, 7) is 9.42. The van der Waals surface area contributed by atoms with Crippen molar-refractivity contribution in [1.29, 1.82) is 0 Å². The molecule has 0 spiro atoms. The van der Waals surface area contributed by atoms with Gasteiger partial charge in [-0.15, -0.1) is 0 Å². The molecule has 1 N–H and O–H groups in total. The van der Waals surface area contributed by atoms with Gasteiger partial charge >= 0.3 is 5.97 Å². The third kappa shape index (κ3) is 6.73. The second kappa shape index (κ2) is 7.84. The lowest BCUT2D eigenvalue weighted by Crippen LogP contribution is -2.28. The average molecular weight is 243 g/mol. The van der Waals surface area contributed by atoms with Crippen molar-refractivity contribution in [3.63, 3.8) is 0 Å². The van der Waals surface area contributed by atoms with Crippen LogP contribution < -0.4 is 5.32 Å². The maximum atomic E-state index is 11.5. The highest BCUT2D eigenvalue weighted by Gasteiger charge is 2.26. The van der Waals surface area contributed by atoms with Gasteiger partial charge in [0.15, 0.2) is 0 Å². The summed E-state index contributed by atoms with van der Waals surface area (Å²) in [5.41, 5.74) is -0.461. The predicted molar refractivity (Wildman–Crippen MR) is 64.2 cm³/mol. The van der Waals surface area contributed by atoms with Gasteiger partial charge in [0.25, 0.3) is 0 Å². The highest BCUT2D eigenvalue weighted by Crippen LogP contribution is 2.21. The molecule has 0 saturated heterocycles. The molecule has 1 amide bonds. The van der Waals surface area contributed by atoms with Crippen LogP contribution in [0.5, 0.6) is 0 Å². The van der Waals surface area contributed by atoms with E-state index in [9.17, 15) is 9.59 Å². The Morgan fingerprint density at radius 3 is 2.53 bits per heavy atom. The number of esters is 1. The van der Waals surface area contributed by atoms with Crippen molar-refractivity contribution in [3.8, 4) is 0 Å². The van der Waals surface area contributed by atoms with Crippen LogP contribution in [0.15, 0.2) is 12.7 Å². The molecule has 0 atom stereocenters. The summed E-state index contributed by atoms with van der Waals surface area (Å²) >= 11 is 0. The zero-order valence-electron chi connectivity index (χ0n) is 10.7. The fourth-order valence-electron chi connectivity index (χ4n) is 0.799. The van der Waals surface area contributed by atoms with Gasteiger partial charge < -0.3 is 14.8 Å². The number of amides is 1. The monoisotopic (exact) mass is 243 g/mol. The molecule has 0 bridgehead atoms. The molecule has 0 aliphatic heterocycles. The second-order valence-corrected chi connectivity index (χ2v) is 4.17. The molecule has 0 rings (SSSR count). The van der Waals surface area contributed by atoms with Crippen LogP contribution in [0.3, 0.4) is 0 Å². The van der Waals surface area contributed by atoms with E-state index in [0.29, 0.717) is 0 Å². The quantitative estimate of drug-likeness (QED) is 0.301. The first-order valence-corrected chi connectivity index (χ1v) is 5.59. The molecule has 0 heterocycles. The van der Waals surface area contributed by atoms with Crippen LogP contribution in [-0.2, 0) is 19.1 Å². The van der Waals surface area contributed by atoms with E-state index >= 15 is 0 Å². The first kappa shape index (κ1) is 15.6. The van der Waals surface area contributed by atoms with Crippen LogP contribution in [0.1, 0.15) is 27.2 Å². The van der Waals surface area contributed by atoms with Gasteiger partial charge in [0.2, 0.25) is 5.91 Å². The lowest BCUT2D eigenvalue weighted by molar-refractivity contribution is -0.155. The number of hydrogen-bond acceptors (Lipinski definition) is 4. The van der Waals surface area contributed by atoms with Crippen LogP contribution in [0.4, 0.5) is 0 Å². The van der Waals surface area contributed by atoms with Gasteiger partial charge in [0.1, 0.15) is 13.3 Å². The molecule has 5 nitrogen and oxygen atoms in total. The standard InChI is InChI=1S/C12H21NO4/c1-5-10(14)13-9-16-7-8-17-11(15)12(3,4)6-2/h5H,1,6-9H2,2-4H3,(H,13,14). The fraction of sp³-hybridized carbons (Fsp3) is 0.667. The van der Waals surface area contributed by atoms with Crippen molar-refractivity contribution in [1.82, 2.24) is 5.32 Å². The van der Waals surface area contributed by atoms with Crippen molar-refractivity contribution in [2.45, 2.75) is 27.2 Å². The molecule has 17 heavy (non-hydrogen) atoms. The Kier molecular flexibility index (Phi) is 7.21. The van der Waals surface area contributed by atoms with E-state index in [2.05, 4.69) is 11.9 Å². The Morgan fingerprint density at radius 2 is 2.00 bits per heavy atom. The Hall–Kier alpha value is -1.36. The van der Waals surface area contributed by atoms with E-state index in [4.69, 9.17) is 9.47 Å². The third-order valence-corrected chi connectivity index (χ3v) is 2.43. The predicted octanol–water partition coefficient (Wildman–Crippen LogP) is 1.24. The van der Waals surface area contributed by atoms with E-state index < -0.39 is 5.41 Å². The van der Waals surface area contributed by atoms with E-state index in [1.807, 2.05) is 20.8 Å². The highest BCUT2D eigenvalue weighted by molar-refractivity contribution is 5.86. The molecule has 0 fully saturated rings. The minimum Gasteiger partial charge on any atom is -0.463 e. The molecule has 0 saturated carbocycles. The van der Waals surface area contributed by atoms with Gasteiger partial charge in [-0.3, -0.25) is 9.59 Å². The zero-order valence-corrected chi connectivity index (χ0v) is 10.7. The number of hydrogen-bond donors (Lipinski definition) is 1. The Balaban J connectivity index is 3.56. The molecule has 5 heteroatoms. The minimum atomic E-state index is -0.461. The zero-order chi connectivity index (χ0) is 13.3. The lowest BCUT2D eigenvalue weighted by atomic mass is 9.91. The summed E-state index contributed by atoms with van der Waals surface area (Å²) in [6.07, 6.45) is 1.88. The van der Waals surface area contributed by atoms with Gasteiger partial charge in [-0.05, 0) is 26.3 Å². The summed E-state index contributed by atoms with van der Waals surface area (Å²) in [4.78, 5) is 22.3. The van der Waals surface area contributed by atoms with Crippen molar-refractivity contribution in [2.75, 3.05) is 19.9 Å². The Morgan fingerprint density at radius 1 is 1.35 bits per heavy atom. The molecule has 0 radical (unpaired) electrons. The van der Waals surface area contributed by atoms with Crippen molar-refractivity contribution >= 4 is 11.9 Å². The topological polar surface area (TPSA) is 64.6 Å². The molecular formula is C12H21NO4. The summed E-state index contributed by atoms with van der Waals surface area (Å²) in [6, 6.07) is 0. The first-order valence-electron chi connectivity index (χ1n) is 5.59. The smallest absolute Gasteiger partial charge is 0.311 e. The number of nitrogens with one attached hydrogen (secondary N) is 1. The lowest BCUT2D eigenvalue weighted by Gasteiger charge is -2.20. The van der Waals surface area contributed by atoms with Crippen molar-refractivity contribution in [3.05, 3.63) is 12.7 Å². The minimum absolute atomic E-state index is 0.0829. The molecule has 0 aromatic rings. The molecule has 0 aromatic carbocycles. The maximum absolute atomic E-state index is 11.5. The van der Waals surface area contributed by atoms with Gasteiger partial charge in [-0.1, -0.05) is 13.5 Å². The van der Waals surface area contributed by atoms with Crippen LogP contribution >= 0.6 is 0 Å². The second-order valence-electron chi connectivity index (χ2n) is 4.17. The molecule has 0 unspecified atom stereocenters. The Bertz CT molecular complexity index is 274. The SMILES string of the molecule is C=CC(=O)NCOCCOC(=O)C(C)(C)CC. The van der Waals surface area contributed by atoms with Crippen LogP contribution in [0, 0.1) is 5.41 Å². The fourth-order valence-corrected chi connectivity index (χ4v) is 0.799. The number of ether oxygens (including phenoxy) is 2. The molecule has 98 valence electrons. The van der Waals surface area contributed by atoms with Gasteiger partial charge in [-0.25, -0.2) is 0 Å². The molecular weight excluding hydrogens is 222 g/mol. The summed E-state index contributed by atoms with van der Waals surface area (Å²) in [7, 11) is 0.